The van der Waals surface area contributed by atoms with E-state index in [2.05, 4.69) is 18.8 Å². The molecule has 0 aromatic carbocycles. The number of aromatic nitrogens is 1. The molecule has 1 aliphatic heterocycles. The monoisotopic (exact) mass is 235 g/mol. The van der Waals surface area contributed by atoms with Crippen LogP contribution in [0, 0.1) is 6.92 Å². The standard InChI is InChI=1S/C14H21NO2/c1-4-13(3)10-14(16,5-6-17-13)12-7-11(2)8-15-9-12/h7-9,16H,4-6,10H2,1-3H3. The predicted octanol–water partition coefficient (Wildman–Crippen LogP) is 2.56. The third kappa shape index (κ3) is 2.50. The fourth-order valence-electron chi connectivity index (χ4n) is 2.51. The summed E-state index contributed by atoms with van der Waals surface area (Å²) in [7, 11) is 0. The first-order valence-corrected chi connectivity index (χ1v) is 6.26. The van der Waals surface area contributed by atoms with Gasteiger partial charge < -0.3 is 9.84 Å². The topological polar surface area (TPSA) is 42.4 Å². The highest BCUT2D eigenvalue weighted by molar-refractivity contribution is 5.24. The number of ether oxygens (including phenoxy) is 1. The molecule has 1 saturated heterocycles. The zero-order valence-corrected chi connectivity index (χ0v) is 10.9. The maximum atomic E-state index is 10.8. The van der Waals surface area contributed by atoms with Crippen molar-refractivity contribution in [2.45, 2.75) is 51.2 Å². The second-order valence-electron chi connectivity index (χ2n) is 5.36. The number of aliphatic hydroxyl groups is 1. The molecule has 1 aliphatic rings. The van der Waals surface area contributed by atoms with Gasteiger partial charge in [-0.1, -0.05) is 13.0 Å². The van der Waals surface area contributed by atoms with Gasteiger partial charge >= 0.3 is 0 Å². The van der Waals surface area contributed by atoms with Gasteiger partial charge in [0.25, 0.3) is 0 Å². The molecule has 0 saturated carbocycles. The van der Waals surface area contributed by atoms with Gasteiger partial charge in [-0.05, 0) is 25.8 Å². The SMILES string of the molecule is CCC1(C)CC(O)(c2cncc(C)c2)CCO1. The number of hydrogen-bond donors (Lipinski definition) is 1. The lowest BCUT2D eigenvalue weighted by molar-refractivity contribution is -0.157. The van der Waals surface area contributed by atoms with Crippen LogP contribution in [-0.4, -0.2) is 22.3 Å². The van der Waals surface area contributed by atoms with E-state index in [1.807, 2.05) is 19.2 Å². The molecule has 2 atom stereocenters. The van der Waals surface area contributed by atoms with Gasteiger partial charge in [-0.25, -0.2) is 0 Å². The molecule has 3 heteroatoms. The molecule has 1 aromatic rings. The van der Waals surface area contributed by atoms with E-state index in [4.69, 9.17) is 4.74 Å². The summed E-state index contributed by atoms with van der Waals surface area (Å²) >= 11 is 0. The van der Waals surface area contributed by atoms with Gasteiger partial charge in [0.2, 0.25) is 0 Å². The lowest BCUT2D eigenvalue weighted by atomic mass is 9.78. The fraction of sp³-hybridized carbons (Fsp3) is 0.643. The normalized spacial score (nSPS) is 33.6. The Labute approximate surface area is 103 Å². The number of aryl methyl sites for hydroxylation is 1. The van der Waals surface area contributed by atoms with Crippen molar-refractivity contribution in [3.63, 3.8) is 0 Å². The summed E-state index contributed by atoms with van der Waals surface area (Å²) < 4.78 is 5.78. The molecule has 2 heterocycles. The van der Waals surface area contributed by atoms with Gasteiger partial charge in [0.15, 0.2) is 0 Å². The molecule has 0 bridgehead atoms. The van der Waals surface area contributed by atoms with E-state index >= 15 is 0 Å². The quantitative estimate of drug-likeness (QED) is 0.856. The highest BCUT2D eigenvalue weighted by atomic mass is 16.5. The molecule has 3 nitrogen and oxygen atoms in total. The van der Waals surface area contributed by atoms with Crippen molar-refractivity contribution in [2.24, 2.45) is 0 Å². The molecule has 1 N–H and O–H groups in total. The van der Waals surface area contributed by atoms with Crippen LogP contribution in [0.4, 0.5) is 0 Å². The molecular weight excluding hydrogens is 214 g/mol. The van der Waals surface area contributed by atoms with Gasteiger partial charge in [-0.15, -0.1) is 0 Å². The molecular formula is C14H21NO2. The van der Waals surface area contributed by atoms with E-state index in [1.165, 1.54) is 0 Å². The first-order valence-electron chi connectivity index (χ1n) is 6.26. The molecule has 1 fully saturated rings. The maximum Gasteiger partial charge on any atom is 0.0960 e. The summed E-state index contributed by atoms with van der Waals surface area (Å²) in [5, 5.41) is 10.8. The predicted molar refractivity (Wildman–Crippen MR) is 66.8 cm³/mol. The van der Waals surface area contributed by atoms with Crippen molar-refractivity contribution in [1.82, 2.24) is 4.98 Å². The first kappa shape index (κ1) is 12.5. The van der Waals surface area contributed by atoms with Gasteiger partial charge in [-0.3, -0.25) is 4.98 Å². The van der Waals surface area contributed by atoms with Gasteiger partial charge in [0.05, 0.1) is 17.8 Å². The van der Waals surface area contributed by atoms with Crippen LogP contribution in [0.5, 0.6) is 0 Å². The zero-order chi connectivity index (χ0) is 12.5. The van der Waals surface area contributed by atoms with Crippen molar-refractivity contribution in [3.05, 3.63) is 29.6 Å². The highest BCUT2D eigenvalue weighted by Crippen LogP contribution is 2.40. The number of hydrogen-bond acceptors (Lipinski definition) is 3. The van der Waals surface area contributed by atoms with E-state index in [9.17, 15) is 5.11 Å². The van der Waals surface area contributed by atoms with Crippen LogP contribution >= 0.6 is 0 Å². The summed E-state index contributed by atoms with van der Waals surface area (Å²) in [4.78, 5) is 4.18. The van der Waals surface area contributed by atoms with Crippen LogP contribution in [0.25, 0.3) is 0 Å². The number of nitrogens with zero attached hydrogens (tertiary/aromatic N) is 1. The number of rotatable bonds is 2. The molecule has 0 spiro atoms. The zero-order valence-electron chi connectivity index (χ0n) is 10.9. The van der Waals surface area contributed by atoms with Gasteiger partial charge in [-0.2, -0.15) is 0 Å². The Kier molecular flexibility index (Phi) is 3.23. The Hall–Kier alpha value is -0.930. The van der Waals surface area contributed by atoms with Crippen LogP contribution in [0.3, 0.4) is 0 Å². The molecule has 17 heavy (non-hydrogen) atoms. The van der Waals surface area contributed by atoms with Crippen molar-refractivity contribution < 1.29 is 9.84 Å². The summed E-state index contributed by atoms with van der Waals surface area (Å²) in [6.07, 6.45) is 5.78. The maximum absolute atomic E-state index is 10.8. The Morgan fingerprint density at radius 1 is 1.47 bits per heavy atom. The third-order valence-corrected chi connectivity index (χ3v) is 3.79. The van der Waals surface area contributed by atoms with Gasteiger partial charge in [0.1, 0.15) is 0 Å². The Morgan fingerprint density at radius 3 is 2.88 bits per heavy atom. The van der Waals surface area contributed by atoms with Crippen molar-refractivity contribution in [3.8, 4) is 0 Å². The average Bonchev–Trinajstić information content (AvgIpc) is 2.29. The van der Waals surface area contributed by atoms with Crippen molar-refractivity contribution in [2.75, 3.05) is 6.61 Å². The van der Waals surface area contributed by atoms with Crippen molar-refractivity contribution in [1.29, 1.82) is 0 Å². The smallest absolute Gasteiger partial charge is 0.0960 e. The molecule has 0 aliphatic carbocycles. The Balaban J connectivity index is 2.29. The second kappa shape index (κ2) is 4.39. The van der Waals surface area contributed by atoms with E-state index in [0.717, 1.165) is 17.5 Å². The van der Waals surface area contributed by atoms with E-state index < -0.39 is 5.60 Å². The minimum atomic E-state index is -0.790. The molecule has 2 unspecified atom stereocenters. The lowest BCUT2D eigenvalue weighted by Crippen LogP contribution is -2.45. The minimum Gasteiger partial charge on any atom is -0.385 e. The van der Waals surface area contributed by atoms with Crippen LogP contribution < -0.4 is 0 Å². The van der Waals surface area contributed by atoms with E-state index in [-0.39, 0.29) is 5.60 Å². The second-order valence-corrected chi connectivity index (χ2v) is 5.36. The van der Waals surface area contributed by atoms with Crippen LogP contribution in [0.1, 0.15) is 44.2 Å². The minimum absolute atomic E-state index is 0.225. The third-order valence-electron chi connectivity index (χ3n) is 3.79. The lowest BCUT2D eigenvalue weighted by Gasteiger charge is -2.43. The fourth-order valence-corrected chi connectivity index (χ4v) is 2.51. The summed E-state index contributed by atoms with van der Waals surface area (Å²) in [6.45, 7) is 6.77. The molecule has 1 aromatic heterocycles. The average molecular weight is 235 g/mol. The summed E-state index contributed by atoms with van der Waals surface area (Å²) in [5.41, 5.74) is 0.986. The van der Waals surface area contributed by atoms with E-state index in [1.54, 1.807) is 6.20 Å². The summed E-state index contributed by atoms with van der Waals surface area (Å²) in [6, 6.07) is 2.02. The molecule has 0 radical (unpaired) electrons. The summed E-state index contributed by atoms with van der Waals surface area (Å²) in [5.74, 6) is 0. The van der Waals surface area contributed by atoms with Gasteiger partial charge in [0, 0.05) is 30.8 Å². The first-order chi connectivity index (χ1) is 7.97. The van der Waals surface area contributed by atoms with Crippen molar-refractivity contribution >= 4 is 0 Å². The van der Waals surface area contributed by atoms with Crippen LogP contribution in [0.15, 0.2) is 18.5 Å². The Bertz CT molecular complexity index is 407. The molecule has 94 valence electrons. The van der Waals surface area contributed by atoms with Crippen LogP contribution in [-0.2, 0) is 10.3 Å². The highest BCUT2D eigenvalue weighted by Gasteiger charge is 2.42. The van der Waals surface area contributed by atoms with Crippen LogP contribution in [0.2, 0.25) is 0 Å². The molecule has 2 rings (SSSR count). The molecule has 0 amide bonds. The van der Waals surface area contributed by atoms with E-state index in [0.29, 0.717) is 19.4 Å². The largest absolute Gasteiger partial charge is 0.385 e. The Morgan fingerprint density at radius 2 is 2.24 bits per heavy atom. The number of pyridine rings is 1.